The van der Waals surface area contributed by atoms with E-state index >= 15 is 0 Å². The summed E-state index contributed by atoms with van der Waals surface area (Å²) in [5.74, 6) is -1.75. The first kappa shape index (κ1) is 29.0. The number of nitrogens with zero attached hydrogens (tertiary/aromatic N) is 3. The Kier molecular flexibility index (Phi) is 7.80. The highest BCUT2D eigenvalue weighted by Gasteiger charge is 2.56. The highest BCUT2D eigenvalue weighted by atomic mass is 35.5. The third-order valence-electron chi connectivity index (χ3n) is 7.58. The fourth-order valence-electron chi connectivity index (χ4n) is 5.46. The summed E-state index contributed by atoms with van der Waals surface area (Å²) in [6, 6.07) is 21.2. The van der Waals surface area contributed by atoms with E-state index in [1.165, 1.54) is 21.2 Å². The molecule has 3 atom stereocenters. The normalized spacial score (nSPS) is 19.2. The molecular weight excluding hydrogens is 608 g/mol. The number of amides is 3. The van der Waals surface area contributed by atoms with Gasteiger partial charge in [-0.2, -0.15) is 0 Å². The number of anilines is 3. The monoisotopic (exact) mass is 634 g/mol. The van der Waals surface area contributed by atoms with E-state index in [1.54, 1.807) is 55.6 Å². The minimum Gasteiger partial charge on any atom is -0.497 e. The maximum absolute atomic E-state index is 14.1. The molecule has 12 heteroatoms. The molecule has 43 heavy (non-hydrogen) atoms. The second-order valence-corrected chi connectivity index (χ2v) is 13.0. The van der Waals surface area contributed by atoms with Crippen molar-refractivity contribution in [3.8, 4) is 5.75 Å². The molecule has 3 heterocycles. The largest absolute Gasteiger partial charge is 0.497 e. The molecule has 220 valence electrons. The topological polar surface area (TPSA) is 101 Å². The lowest BCUT2D eigenvalue weighted by atomic mass is 9.83. The summed E-state index contributed by atoms with van der Waals surface area (Å²) in [6.45, 7) is -0.242. The zero-order valence-corrected chi connectivity index (χ0v) is 25.8. The molecule has 0 aliphatic carbocycles. The number of thiazole rings is 1. The number of nitrogens with one attached hydrogen (secondary N) is 1. The van der Waals surface area contributed by atoms with Gasteiger partial charge in [-0.25, -0.2) is 4.90 Å². The summed E-state index contributed by atoms with van der Waals surface area (Å²) >= 11 is 8.15. The predicted octanol–water partition coefficient (Wildman–Crippen LogP) is 5.07. The number of benzene rings is 3. The number of methoxy groups -OCH3 is 1. The molecule has 2 aliphatic heterocycles. The van der Waals surface area contributed by atoms with Crippen LogP contribution in [0.4, 0.5) is 17.1 Å². The average Bonchev–Trinajstić information content (AvgIpc) is 3.44. The lowest BCUT2D eigenvalue weighted by Gasteiger charge is -2.31. The number of imide groups is 1. The van der Waals surface area contributed by atoms with Crippen LogP contribution >= 0.6 is 34.7 Å². The number of ether oxygens (including phenoxy) is 1. The van der Waals surface area contributed by atoms with Gasteiger partial charge in [-0.05, 0) is 66.2 Å². The van der Waals surface area contributed by atoms with E-state index in [0.717, 1.165) is 22.6 Å². The molecule has 4 aromatic rings. The van der Waals surface area contributed by atoms with Gasteiger partial charge in [0.2, 0.25) is 17.7 Å². The van der Waals surface area contributed by atoms with Crippen LogP contribution < -0.4 is 24.7 Å². The van der Waals surface area contributed by atoms with E-state index in [0.29, 0.717) is 32.1 Å². The fraction of sp³-hybridized carbons (Fsp3) is 0.226. The number of thioether (sulfide) groups is 1. The Balaban J connectivity index is 1.40. The third-order valence-corrected chi connectivity index (χ3v) is 10.4. The predicted molar refractivity (Wildman–Crippen MR) is 170 cm³/mol. The van der Waals surface area contributed by atoms with E-state index in [9.17, 15) is 19.2 Å². The minimum atomic E-state index is -0.778. The van der Waals surface area contributed by atoms with Gasteiger partial charge >= 0.3 is 4.87 Å². The van der Waals surface area contributed by atoms with E-state index in [1.807, 2.05) is 43.3 Å². The number of halogens is 1. The second kappa shape index (κ2) is 11.6. The van der Waals surface area contributed by atoms with Crippen LogP contribution in [0, 0.1) is 5.92 Å². The molecule has 1 aromatic heterocycles. The SMILES string of the molecule is COc1ccc(N2C(=O)C3Sc4c(sc(=O)n4CC(=O)Nc4ccc(Cl)cc4)[C@H](c4ccc(N(C)C)cc4)C3C2=O)cc1. The molecule has 9 nitrogen and oxygen atoms in total. The number of hydrogen-bond acceptors (Lipinski definition) is 8. The van der Waals surface area contributed by atoms with E-state index in [-0.39, 0.29) is 23.2 Å². The van der Waals surface area contributed by atoms with Crippen LogP contribution in [0.1, 0.15) is 16.4 Å². The van der Waals surface area contributed by atoms with Crippen molar-refractivity contribution in [2.24, 2.45) is 5.92 Å². The van der Waals surface area contributed by atoms with Gasteiger partial charge in [0.15, 0.2) is 0 Å². The Morgan fingerprint density at radius 2 is 1.63 bits per heavy atom. The smallest absolute Gasteiger partial charge is 0.308 e. The quantitative estimate of drug-likeness (QED) is 0.283. The number of carbonyl (C=O) groups excluding carboxylic acids is 3. The van der Waals surface area contributed by atoms with Crippen molar-refractivity contribution in [1.29, 1.82) is 0 Å². The van der Waals surface area contributed by atoms with Gasteiger partial charge < -0.3 is 15.0 Å². The molecular formula is C31H27ClN4O5S2. The van der Waals surface area contributed by atoms with Crippen LogP contribution in [0.25, 0.3) is 0 Å². The van der Waals surface area contributed by atoms with Crippen LogP contribution in [0.15, 0.2) is 82.6 Å². The summed E-state index contributed by atoms with van der Waals surface area (Å²) in [7, 11) is 5.42. The zero-order valence-electron chi connectivity index (χ0n) is 23.4. The van der Waals surface area contributed by atoms with Gasteiger partial charge in [-0.1, -0.05) is 46.8 Å². The zero-order chi connectivity index (χ0) is 30.4. The van der Waals surface area contributed by atoms with Gasteiger partial charge in [0.1, 0.15) is 17.5 Å². The van der Waals surface area contributed by atoms with Gasteiger partial charge in [-0.15, -0.1) is 0 Å². The summed E-state index contributed by atoms with van der Waals surface area (Å²) in [4.78, 5) is 57.9. The lowest BCUT2D eigenvalue weighted by molar-refractivity contribution is -0.122. The maximum Gasteiger partial charge on any atom is 0.308 e. The molecule has 0 saturated carbocycles. The average molecular weight is 635 g/mol. The summed E-state index contributed by atoms with van der Waals surface area (Å²) in [6.07, 6.45) is 0. The van der Waals surface area contributed by atoms with Crippen LogP contribution in [-0.2, 0) is 20.9 Å². The summed E-state index contributed by atoms with van der Waals surface area (Å²) < 4.78 is 6.65. The molecule has 1 fully saturated rings. The first-order valence-electron chi connectivity index (χ1n) is 13.4. The number of carbonyl (C=O) groups is 3. The van der Waals surface area contributed by atoms with Gasteiger partial charge in [0.25, 0.3) is 0 Å². The standard InChI is InChI=1S/C31H27ClN4O5S2/c1-34(2)20-10-4-17(5-11-20)24-25-26(29(39)36(28(25)38)21-12-14-22(41-3)15-13-21)42-30-27(24)43-31(40)35(30)16-23(37)33-19-8-6-18(32)7-9-19/h4-15,24-26H,16H2,1-3H3,(H,33,37)/t24-,25?,26?/m1/s1. The number of fused-ring (bicyclic) bond motifs is 2. The van der Waals surface area contributed by atoms with Crippen LogP contribution in [0.5, 0.6) is 5.75 Å². The van der Waals surface area contributed by atoms with Gasteiger partial charge in [0, 0.05) is 41.3 Å². The van der Waals surface area contributed by atoms with E-state index < -0.39 is 23.0 Å². The molecule has 0 spiro atoms. The molecule has 3 amide bonds. The van der Waals surface area contributed by atoms with Crippen molar-refractivity contribution in [3.05, 3.63) is 97.9 Å². The van der Waals surface area contributed by atoms with Crippen LogP contribution in [0.2, 0.25) is 5.02 Å². The van der Waals surface area contributed by atoms with Crippen molar-refractivity contribution in [1.82, 2.24) is 4.57 Å². The molecule has 1 N–H and O–H groups in total. The first-order valence-corrected chi connectivity index (χ1v) is 15.5. The Morgan fingerprint density at radius 3 is 2.26 bits per heavy atom. The van der Waals surface area contributed by atoms with Gasteiger partial charge in [-0.3, -0.25) is 23.7 Å². The highest BCUT2D eigenvalue weighted by molar-refractivity contribution is 8.00. The second-order valence-electron chi connectivity index (χ2n) is 10.4. The Hall–Kier alpha value is -4.06. The Morgan fingerprint density at radius 1 is 0.953 bits per heavy atom. The lowest BCUT2D eigenvalue weighted by Crippen LogP contribution is -2.33. The molecule has 3 aromatic carbocycles. The fourth-order valence-corrected chi connectivity index (χ4v) is 8.36. The van der Waals surface area contributed by atoms with Crippen molar-refractivity contribution in [3.63, 3.8) is 0 Å². The Labute approximate surface area is 261 Å². The first-order chi connectivity index (χ1) is 20.7. The van der Waals surface area contributed by atoms with E-state index in [2.05, 4.69) is 5.32 Å². The Bertz CT molecular complexity index is 1770. The van der Waals surface area contributed by atoms with Gasteiger partial charge in [0.05, 0.1) is 23.7 Å². The number of hydrogen-bond donors (Lipinski definition) is 1. The molecule has 6 rings (SSSR count). The molecule has 1 saturated heterocycles. The van der Waals surface area contributed by atoms with Crippen LogP contribution in [0.3, 0.4) is 0 Å². The highest BCUT2D eigenvalue weighted by Crippen LogP contribution is 2.54. The van der Waals surface area contributed by atoms with Crippen molar-refractivity contribution < 1.29 is 19.1 Å². The molecule has 0 bridgehead atoms. The summed E-state index contributed by atoms with van der Waals surface area (Å²) in [5, 5.41) is 3.09. The summed E-state index contributed by atoms with van der Waals surface area (Å²) in [5.41, 5.74) is 2.79. The van der Waals surface area contributed by atoms with Crippen LogP contribution in [-0.4, -0.2) is 48.7 Å². The van der Waals surface area contributed by atoms with Crippen molar-refractivity contribution >= 4 is 69.5 Å². The molecule has 2 aliphatic rings. The van der Waals surface area contributed by atoms with E-state index in [4.69, 9.17) is 16.3 Å². The maximum atomic E-state index is 14.1. The number of rotatable bonds is 7. The van der Waals surface area contributed by atoms with Crippen molar-refractivity contribution in [2.75, 3.05) is 36.3 Å². The molecule has 2 unspecified atom stereocenters. The minimum absolute atomic E-state index is 0.242. The third kappa shape index (κ3) is 5.32. The molecule has 0 radical (unpaired) electrons. The van der Waals surface area contributed by atoms with Crippen molar-refractivity contribution in [2.45, 2.75) is 22.7 Å². The number of aromatic nitrogens is 1.